The van der Waals surface area contributed by atoms with Crippen LogP contribution in [0, 0.1) is 13.7 Å². The smallest absolute Gasteiger partial charge is 0.292 e. The van der Waals surface area contributed by atoms with E-state index in [2.05, 4.69) is 27.9 Å². The minimum atomic E-state index is -0.387. The van der Waals surface area contributed by atoms with E-state index in [0.717, 1.165) is 14.9 Å². The van der Waals surface area contributed by atoms with Gasteiger partial charge in [0.2, 0.25) is 0 Å². The molecule has 0 aromatic heterocycles. The molecule has 0 amide bonds. The number of nitro groups is 1. The van der Waals surface area contributed by atoms with Crippen LogP contribution in [0.15, 0.2) is 42.5 Å². The second-order valence-corrected chi connectivity index (χ2v) is 5.63. The quantitative estimate of drug-likeness (QED) is 0.450. The lowest BCUT2D eigenvalue weighted by Crippen LogP contribution is -2.03. The van der Waals surface area contributed by atoms with Gasteiger partial charge in [0.1, 0.15) is 18.0 Å². The van der Waals surface area contributed by atoms with E-state index < -0.39 is 0 Å². The van der Waals surface area contributed by atoms with Crippen LogP contribution >= 0.6 is 22.6 Å². The van der Waals surface area contributed by atoms with Crippen LogP contribution in [-0.2, 0) is 6.61 Å². The van der Waals surface area contributed by atoms with Crippen LogP contribution in [-0.4, -0.2) is 11.5 Å². The maximum absolute atomic E-state index is 11.0. The molecule has 0 atom stereocenters. The summed E-state index contributed by atoms with van der Waals surface area (Å²) < 4.78 is 6.82. The van der Waals surface area contributed by atoms with E-state index in [0.29, 0.717) is 18.8 Å². The Hall–Kier alpha value is -1.83. The molecule has 0 fully saturated rings. The predicted molar refractivity (Wildman–Crippen MR) is 90.8 cm³/mol. The zero-order valence-corrected chi connectivity index (χ0v) is 13.7. The summed E-state index contributed by atoms with van der Waals surface area (Å²) in [5.74, 6) is 0.777. The average molecular weight is 398 g/mol. The molecule has 0 aliphatic heterocycles. The summed E-state index contributed by atoms with van der Waals surface area (Å²) >= 11 is 2.23. The highest BCUT2D eigenvalue weighted by molar-refractivity contribution is 14.1. The Labute approximate surface area is 136 Å². The summed E-state index contributed by atoms with van der Waals surface area (Å²) in [6.45, 7) is 2.90. The van der Waals surface area contributed by atoms with Crippen molar-refractivity contribution in [3.05, 3.63) is 61.7 Å². The number of rotatable bonds is 6. The summed E-state index contributed by atoms with van der Waals surface area (Å²) in [6, 6.07) is 12.7. The van der Waals surface area contributed by atoms with Crippen molar-refractivity contribution >= 4 is 34.0 Å². The molecule has 110 valence electrons. The molecule has 0 bridgehead atoms. The number of hydrogen-bond donors (Lipinski definition) is 1. The third kappa shape index (κ3) is 4.32. The number of anilines is 1. The lowest BCUT2D eigenvalue weighted by molar-refractivity contribution is -0.384. The maximum Gasteiger partial charge on any atom is 0.292 e. The van der Waals surface area contributed by atoms with Crippen LogP contribution < -0.4 is 10.1 Å². The number of hydrogen-bond acceptors (Lipinski definition) is 4. The Morgan fingerprint density at radius 1 is 1.24 bits per heavy atom. The molecule has 0 aliphatic carbocycles. The van der Waals surface area contributed by atoms with Gasteiger partial charge in [0, 0.05) is 16.2 Å². The van der Waals surface area contributed by atoms with Gasteiger partial charge in [-0.15, -0.1) is 0 Å². The van der Waals surface area contributed by atoms with Gasteiger partial charge < -0.3 is 10.1 Å². The van der Waals surface area contributed by atoms with E-state index in [1.54, 1.807) is 12.1 Å². The fourth-order valence-electron chi connectivity index (χ4n) is 1.86. The SMILES string of the molecule is CCNc1cc(COc2ccc(I)cc2)ccc1[N+](=O)[O-]. The van der Waals surface area contributed by atoms with Gasteiger partial charge in [0.25, 0.3) is 5.69 Å². The van der Waals surface area contributed by atoms with Gasteiger partial charge in [-0.25, -0.2) is 0 Å². The van der Waals surface area contributed by atoms with Crippen LogP contribution in [0.4, 0.5) is 11.4 Å². The van der Waals surface area contributed by atoms with E-state index in [1.807, 2.05) is 31.2 Å². The summed E-state index contributed by atoms with van der Waals surface area (Å²) in [6.07, 6.45) is 0. The van der Waals surface area contributed by atoms with Crippen molar-refractivity contribution < 1.29 is 9.66 Å². The Morgan fingerprint density at radius 2 is 1.95 bits per heavy atom. The molecule has 0 saturated heterocycles. The van der Waals surface area contributed by atoms with Gasteiger partial charge in [-0.3, -0.25) is 10.1 Å². The second kappa shape index (κ2) is 7.26. The van der Waals surface area contributed by atoms with Gasteiger partial charge in [-0.1, -0.05) is 0 Å². The van der Waals surface area contributed by atoms with Crippen molar-refractivity contribution in [3.8, 4) is 5.75 Å². The summed E-state index contributed by atoms with van der Waals surface area (Å²) in [7, 11) is 0. The topological polar surface area (TPSA) is 64.4 Å². The summed E-state index contributed by atoms with van der Waals surface area (Å²) in [5, 5.41) is 14.0. The van der Waals surface area contributed by atoms with Crippen LogP contribution in [0.2, 0.25) is 0 Å². The Balaban J connectivity index is 2.11. The van der Waals surface area contributed by atoms with Crippen molar-refractivity contribution in [2.75, 3.05) is 11.9 Å². The lowest BCUT2D eigenvalue weighted by Gasteiger charge is -2.09. The van der Waals surface area contributed by atoms with Crippen LogP contribution in [0.3, 0.4) is 0 Å². The molecular formula is C15H15IN2O3. The lowest BCUT2D eigenvalue weighted by atomic mass is 10.2. The highest BCUT2D eigenvalue weighted by Gasteiger charge is 2.13. The first-order valence-corrected chi connectivity index (χ1v) is 7.57. The standard InChI is InChI=1S/C15H15IN2O3/c1-2-17-14-9-11(3-8-15(14)18(19)20)10-21-13-6-4-12(16)5-7-13/h3-9,17H,2,10H2,1H3. The van der Waals surface area contributed by atoms with E-state index in [-0.39, 0.29) is 10.6 Å². The molecule has 2 aromatic carbocycles. The third-order valence-corrected chi connectivity index (χ3v) is 3.56. The highest BCUT2D eigenvalue weighted by atomic mass is 127. The second-order valence-electron chi connectivity index (χ2n) is 4.38. The zero-order valence-electron chi connectivity index (χ0n) is 11.5. The van der Waals surface area contributed by atoms with Gasteiger partial charge in [-0.2, -0.15) is 0 Å². The number of nitro benzene ring substituents is 1. The molecule has 2 rings (SSSR count). The van der Waals surface area contributed by atoms with Crippen molar-refractivity contribution in [3.63, 3.8) is 0 Å². The van der Waals surface area contributed by atoms with Gasteiger partial charge in [0.15, 0.2) is 0 Å². The predicted octanol–water partition coefficient (Wildman–Crippen LogP) is 4.21. The number of ether oxygens (including phenoxy) is 1. The average Bonchev–Trinajstić information content (AvgIpc) is 2.47. The van der Waals surface area contributed by atoms with Gasteiger partial charge >= 0.3 is 0 Å². The van der Waals surface area contributed by atoms with Crippen LogP contribution in [0.1, 0.15) is 12.5 Å². The summed E-state index contributed by atoms with van der Waals surface area (Å²) in [4.78, 5) is 10.6. The minimum Gasteiger partial charge on any atom is -0.489 e. The molecule has 6 heteroatoms. The molecule has 0 radical (unpaired) electrons. The van der Waals surface area contributed by atoms with Crippen LogP contribution in [0.5, 0.6) is 5.75 Å². The molecule has 0 spiro atoms. The molecule has 5 nitrogen and oxygen atoms in total. The largest absolute Gasteiger partial charge is 0.489 e. The molecule has 0 unspecified atom stereocenters. The molecule has 0 saturated carbocycles. The first-order valence-electron chi connectivity index (χ1n) is 6.49. The number of nitrogens with zero attached hydrogens (tertiary/aromatic N) is 1. The molecule has 1 N–H and O–H groups in total. The van der Waals surface area contributed by atoms with E-state index in [9.17, 15) is 10.1 Å². The molecule has 0 aliphatic rings. The van der Waals surface area contributed by atoms with Gasteiger partial charge in [0.05, 0.1) is 4.92 Å². The van der Waals surface area contributed by atoms with E-state index in [4.69, 9.17) is 4.74 Å². The van der Waals surface area contributed by atoms with Crippen molar-refractivity contribution in [1.82, 2.24) is 0 Å². The monoisotopic (exact) mass is 398 g/mol. The normalized spacial score (nSPS) is 10.2. The maximum atomic E-state index is 11.0. The fraction of sp³-hybridized carbons (Fsp3) is 0.200. The van der Waals surface area contributed by atoms with Crippen LogP contribution in [0.25, 0.3) is 0 Å². The Bertz CT molecular complexity index is 629. The number of benzene rings is 2. The Kier molecular flexibility index (Phi) is 5.38. The van der Waals surface area contributed by atoms with Crippen molar-refractivity contribution in [2.24, 2.45) is 0 Å². The van der Waals surface area contributed by atoms with Crippen molar-refractivity contribution in [2.45, 2.75) is 13.5 Å². The van der Waals surface area contributed by atoms with E-state index in [1.165, 1.54) is 6.07 Å². The molecule has 0 heterocycles. The first-order chi connectivity index (χ1) is 10.1. The molecule has 21 heavy (non-hydrogen) atoms. The Morgan fingerprint density at radius 3 is 2.57 bits per heavy atom. The summed E-state index contributed by atoms with van der Waals surface area (Å²) in [5.41, 5.74) is 1.48. The first kappa shape index (κ1) is 15.6. The number of halogens is 1. The van der Waals surface area contributed by atoms with Crippen molar-refractivity contribution in [1.29, 1.82) is 0 Å². The highest BCUT2D eigenvalue weighted by Crippen LogP contribution is 2.26. The minimum absolute atomic E-state index is 0.0786. The molecule has 2 aromatic rings. The zero-order chi connectivity index (χ0) is 15.2. The third-order valence-electron chi connectivity index (χ3n) is 2.84. The molecular weight excluding hydrogens is 383 g/mol. The van der Waals surface area contributed by atoms with E-state index >= 15 is 0 Å². The number of nitrogens with one attached hydrogen (secondary N) is 1. The fourth-order valence-corrected chi connectivity index (χ4v) is 2.22. The van der Waals surface area contributed by atoms with Gasteiger partial charge in [-0.05, 0) is 71.5 Å².